The summed E-state index contributed by atoms with van der Waals surface area (Å²) in [5.74, 6) is 0.586. The van der Waals surface area contributed by atoms with Gasteiger partial charge in [0.15, 0.2) is 0 Å². The van der Waals surface area contributed by atoms with Gasteiger partial charge in [0.1, 0.15) is 5.82 Å². The number of hydrogen-bond donors (Lipinski definition) is 1. The van der Waals surface area contributed by atoms with E-state index < -0.39 is 0 Å². The van der Waals surface area contributed by atoms with Crippen LogP contribution in [-0.2, 0) is 6.54 Å². The first-order valence-corrected chi connectivity index (χ1v) is 10.3. The molecule has 0 bridgehead atoms. The average Bonchev–Trinajstić information content (AvgIpc) is 3.12. The average molecular weight is 401 g/mol. The molecule has 0 aliphatic rings. The van der Waals surface area contributed by atoms with Gasteiger partial charge in [-0.3, -0.25) is 4.79 Å². The van der Waals surface area contributed by atoms with Crippen molar-refractivity contribution in [2.75, 3.05) is 0 Å². The third kappa shape index (κ3) is 2.92. The second-order valence-corrected chi connectivity index (χ2v) is 7.76. The van der Waals surface area contributed by atoms with Crippen LogP contribution in [0.4, 0.5) is 0 Å². The highest BCUT2D eigenvalue weighted by Gasteiger charge is 2.14. The van der Waals surface area contributed by atoms with Gasteiger partial charge in [-0.25, -0.2) is 4.98 Å². The third-order valence-electron chi connectivity index (χ3n) is 5.83. The Bertz CT molecular complexity index is 1610. The Balaban J connectivity index is 1.65. The number of nitrogens with zero attached hydrogens (tertiary/aromatic N) is 2. The topological polar surface area (TPSA) is 50.7 Å². The predicted octanol–water partition coefficient (Wildman–Crippen LogP) is 5.75. The molecule has 2 heterocycles. The van der Waals surface area contributed by atoms with Crippen molar-refractivity contribution in [2.24, 2.45) is 0 Å². The second kappa shape index (κ2) is 6.96. The minimum absolute atomic E-state index is 0.120. The first-order chi connectivity index (χ1) is 15.3. The smallest absolute Gasteiger partial charge is 0.259 e. The van der Waals surface area contributed by atoms with Crippen LogP contribution in [0.5, 0.6) is 0 Å². The molecule has 0 fully saturated rings. The number of aromatic amines is 1. The molecule has 0 aliphatic heterocycles. The molecule has 0 spiro atoms. The standard InChI is InChI=1S/C27H19N3O/c31-27-22-15-21-20-13-7-8-14-24(20)30(17-18-9-3-1-4-10-18)25(21)16-23(22)28-26(29-27)19-11-5-2-6-12-19/h1-16H,17H2,(H,28,29,31). The molecule has 0 atom stereocenters. The third-order valence-corrected chi connectivity index (χ3v) is 5.83. The van der Waals surface area contributed by atoms with Crippen LogP contribution in [0.3, 0.4) is 0 Å². The van der Waals surface area contributed by atoms with Crippen LogP contribution < -0.4 is 5.56 Å². The van der Waals surface area contributed by atoms with Crippen molar-refractivity contribution in [3.63, 3.8) is 0 Å². The summed E-state index contributed by atoms with van der Waals surface area (Å²) in [6.45, 7) is 0.755. The highest BCUT2D eigenvalue weighted by atomic mass is 16.1. The van der Waals surface area contributed by atoms with Gasteiger partial charge in [-0.05, 0) is 23.8 Å². The second-order valence-electron chi connectivity index (χ2n) is 7.76. The SMILES string of the molecule is O=c1[nH]c(-c2ccccc2)nc2cc3c(cc12)c1ccccc1n3Cc1ccccc1. The molecule has 6 rings (SSSR count). The van der Waals surface area contributed by atoms with Crippen LogP contribution in [-0.4, -0.2) is 14.5 Å². The Morgan fingerprint density at radius 3 is 2.23 bits per heavy atom. The summed E-state index contributed by atoms with van der Waals surface area (Å²) in [7, 11) is 0. The molecule has 31 heavy (non-hydrogen) atoms. The largest absolute Gasteiger partial charge is 0.336 e. The van der Waals surface area contributed by atoms with E-state index >= 15 is 0 Å². The lowest BCUT2D eigenvalue weighted by atomic mass is 10.1. The van der Waals surface area contributed by atoms with Crippen molar-refractivity contribution in [2.45, 2.75) is 6.54 Å². The summed E-state index contributed by atoms with van der Waals surface area (Å²) < 4.78 is 2.31. The summed E-state index contributed by atoms with van der Waals surface area (Å²) in [6, 6.07) is 32.6. The van der Waals surface area contributed by atoms with E-state index in [1.165, 1.54) is 5.56 Å². The Kier molecular flexibility index (Phi) is 3.96. The zero-order valence-corrected chi connectivity index (χ0v) is 16.7. The number of nitrogens with one attached hydrogen (secondary N) is 1. The van der Waals surface area contributed by atoms with E-state index in [9.17, 15) is 4.79 Å². The first kappa shape index (κ1) is 17.7. The van der Waals surface area contributed by atoms with E-state index in [2.05, 4.69) is 58.1 Å². The van der Waals surface area contributed by atoms with Crippen LogP contribution in [0.2, 0.25) is 0 Å². The van der Waals surface area contributed by atoms with Gasteiger partial charge in [0.05, 0.1) is 16.4 Å². The van der Waals surface area contributed by atoms with Crippen LogP contribution >= 0.6 is 0 Å². The lowest BCUT2D eigenvalue weighted by Gasteiger charge is -2.09. The van der Waals surface area contributed by atoms with Gasteiger partial charge >= 0.3 is 0 Å². The van der Waals surface area contributed by atoms with Crippen molar-refractivity contribution < 1.29 is 0 Å². The quantitative estimate of drug-likeness (QED) is 0.411. The van der Waals surface area contributed by atoms with Crippen molar-refractivity contribution >= 4 is 32.7 Å². The maximum Gasteiger partial charge on any atom is 0.259 e. The van der Waals surface area contributed by atoms with E-state index in [-0.39, 0.29) is 5.56 Å². The van der Waals surface area contributed by atoms with Crippen LogP contribution in [0.1, 0.15) is 5.56 Å². The van der Waals surface area contributed by atoms with Gasteiger partial charge in [0, 0.05) is 28.4 Å². The zero-order chi connectivity index (χ0) is 20.8. The van der Waals surface area contributed by atoms with Gasteiger partial charge < -0.3 is 9.55 Å². The molecule has 0 radical (unpaired) electrons. The Morgan fingerprint density at radius 2 is 1.42 bits per heavy atom. The lowest BCUT2D eigenvalue weighted by molar-refractivity contribution is 0.869. The first-order valence-electron chi connectivity index (χ1n) is 10.3. The fraction of sp³-hybridized carbons (Fsp3) is 0.0370. The van der Waals surface area contributed by atoms with Gasteiger partial charge in [-0.1, -0.05) is 78.9 Å². The molecule has 0 amide bonds. The lowest BCUT2D eigenvalue weighted by Crippen LogP contribution is -2.09. The number of aromatic nitrogens is 3. The Hall–Kier alpha value is -4.18. The summed E-state index contributed by atoms with van der Waals surface area (Å²) in [4.78, 5) is 20.7. The molecular formula is C27H19N3O. The summed E-state index contributed by atoms with van der Waals surface area (Å²) >= 11 is 0. The predicted molar refractivity (Wildman–Crippen MR) is 126 cm³/mol. The number of benzene rings is 4. The summed E-state index contributed by atoms with van der Waals surface area (Å²) in [5.41, 5.74) is 4.93. The molecule has 4 heteroatoms. The molecule has 0 saturated carbocycles. The van der Waals surface area contributed by atoms with Crippen LogP contribution in [0.25, 0.3) is 44.1 Å². The number of H-pyrrole nitrogens is 1. The fourth-order valence-electron chi connectivity index (χ4n) is 4.35. The molecule has 4 nitrogen and oxygen atoms in total. The molecular weight excluding hydrogens is 382 g/mol. The van der Waals surface area contributed by atoms with Crippen molar-refractivity contribution in [1.82, 2.24) is 14.5 Å². The fourth-order valence-corrected chi connectivity index (χ4v) is 4.35. The van der Waals surface area contributed by atoms with E-state index in [0.717, 1.165) is 33.9 Å². The molecule has 148 valence electrons. The highest BCUT2D eigenvalue weighted by molar-refractivity contribution is 6.12. The van der Waals surface area contributed by atoms with Gasteiger partial charge in [-0.15, -0.1) is 0 Å². The van der Waals surface area contributed by atoms with Crippen LogP contribution in [0, 0.1) is 0 Å². The summed E-state index contributed by atoms with van der Waals surface area (Å²) in [5, 5.41) is 2.82. The van der Waals surface area contributed by atoms with Crippen molar-refractivity contribution in [3.05, 3.63) is 113 Å². The van der Waals surface area contributed by atoms with Gasteiger partial charge in [0.25, 0.3) is 5.56 Å². The van der Waals surface area contributed by atoms with E-state index in [1.807, 2.05) is 48.5 Å². The normalized spacial score (nSPS) is 11.5. The van der Waals surface area contributed by atoms with E-state index in [1.54, 1.807) is 0 Å². The minimum Gasteiger partial charge on any atom is -0.336 e. The number of hydrogen-bond acceptors (Lipinski definition) is 2. The zero-order valence-electron chi connectivity index (χ0n) is 16.7. The Labute approximate surface area is 178 Å². The molecule has 0 aliphatic carbocycles. The highest BCUT2D eigenvalue weighted by Crippen LogP contribution is 2.32. The molecule has 1 N–H and O–H groups in total. The molecule has 4 aromatic carbocycles. The van der Waals surface area contributed by atoms with Gasteiger partial charge in [0.2, 0.25) is 0 Å². The number of para-hydroxylation sites is 1. The molecule has 0 saturated heterocycles. The number of fused-ring (bicyclic) bond motifs is 4. The van der Waals surface area contributed by atoms with Crippen LogP contribution in [0.15, 0.2) is 102 Å². The van der Waals surface area contributed by atoms with Crippen molar-refractivity contribution in [3.8, 4) is 11.4 Å². The number of rotatable bonds is 3. The summed E-state index contributed by atoms with van der Waals surface area (Å²) in [6.07, 6.45) is 0. The van der Waals surface area contributed by atoms with E-state index in [4.69, 9.17) is 4.98 Å². The molecule has 6 aromatic rings. The minimum atomic E-state index is -0.120. The van der Waals surface area contributed by atoms with E-state index in [0.29, 0.717) is 16.7 Å². The molecule has 2 aromatic heterocycles. The monoisotopic (exact) mass is 401 g/mol. The van der Waals surface area contributed by atoms with Crippen molar-refractivity contribution in [1.29, 1.82) is 0 Å². The van der Waals surface area contributed by atoms with Gasteiger partial charge in [-0.2, -0.15) is 0 Å². The maximum absolute atomic E-state index is 12.9. The molecule has 0 unspecified atom stereocenters. The maximum atomic E-state index is 12.9. The Morgan fingerprint density at radius 1 is 0.710 bits per heavy atom.